The Labute approximate surface area is 264 Å². The van der Waals surface area contributed by atoms with Crippen molar-refractivity contribution in [2.45, 2.75) is 24.0 Å². The first-order valence-corrected chi connectivity index (χ1v) is 15.0. The Kier molecular flexibility index (Phi) is 11.3. The Morgan fingerprint density at radius 2 is 1.51 bits per heavy atom. The highest BCUT2D eigenvalue weighted by molar-refractivity contribution is 8.00. The third-order valence-electron chi connectivity index (χ3n) is 6.03. The fourth-order valence-corrected chi connectivity index (χ4v) is 5.04. The van der Waals surface area contributed by atoms with Gasteiger partial charge in [-0.05, 0) is 80.6 Å². The number of para-hydroxylation sites is 1. The first-order valence-electron chi connectivity index (χ1n) is 13.4. The van der Waals surface area contributed by atoms with Crippen LogP contribution in [0.1, 0.15) is 29.8 Å². The van der Waals surface area contributed by atoms with Gasteiger partial charge in [0.25, 0.3) is 11.8 Å². The lowest BCUT2D eigenvalue weighted by atomic mass is 10.1. The minimum atomic E-state index is -0.509. The summed E-state index contributed by atoms with van der Waals surface area (Å²) in [6.45, 7) is 4.11. The summed E-state index contributed by atoms with van der Waals surface area (Å²) in [4.78, 5) is 39.9. The van der Waals surface area contributed by atoms with Gasteiger partial charge in [-0.15, -0.1) is 11.8 Å². The zero-order valence-corrected chi connectivity index (χ0v) is 25.7. The Morgan fingerprint density at radius 3 is 2.21 bits per heavy atom. The van der Waals surface area contributed by atoms with Crippen LogP contribution in [-0.2, 0) is 9.59 Å². The Hall–Kier alpha value is -4.24. The Bertz CT molecular complexity index is 1630. The van der Waals surface area contributed by atoms with Crippen molar-refractivity contribution in [3.05, 3.63) is 124 Å². The maximum absolute atomic E-state index is 13.4. The van der Waals surface area contributed by atoms with E-state index in [1.165, 1.54) is 11.8 Å². The zero-order chi connectivity index (χ0) is 30.8. The van der Waals surface area contributed by atoms with Gasteiger partial charge in [0.2, 0.25) is 5.91 Å². The van der Waals surface area contributed by atoms with E-state index in [0.29, 0.717) is 44.9 Å². The van der Waals surface area contributed by atoms with Gasteiger partial charge < -0.3 is 20.7 Å². The maximum Gasteiger partial charge on any atom is 0.272 e. The number of ether oxygens (including phenoxy) is 1. The Morgan fingerprint density at radius 1 is 0.837 bits per heavy atom. The van der Waals surface area contributed by atoms with Crippen molar-refractivity contribution in [2.24, 2.45) is 0 Å². The van der Waals surface area contributed by atoms with Crippen LogP contribution in [0.25, 0.3) is 6.08 Å². The second kappa shape index (κ2) is 15.3. The molecule has 0 saturated carbocycles. The molecular weight excluding hydrogens is 605 g/mol. The van der Waals surface area contributed by atoms with Gasteiger partial charge in [0, 0.05) is 27.4 Å². The lowest BCUT2D eigenvalue weighted by molar-refractivity contribution is -0.115. The quantitative estimate of drug-likeness (QED) is 0.115. The van der Waals surface area contributed by atoms with E-state index in [1.54, 1.807) is 91.9 Å². The van der Waals surface area contributed by atoms with E-state index in [2.05, 4.69) is 16.0 Å². The molecule has 0 bridgehead atoms. The van der Waals surface area contributed by atoms with Crippen molar-refractivity contribution >= 4 is 70.1 Å². The molecule has 4 aromatic carbocycles. The molecular formula is C33H29Cl2N3O4S. The molecule has 3 amide bonds. The number of hydrogen-bond acceptors (Lipinski definition) is 5. The van der Waals surface area contributed by atoms with E-state index in [4.69, 9.17) is 27.9 Å². The summed E-state index contributed by atoms with van der Waals surface area (Å²) in [7, 11) is 0. The van der Waals surface area contributed by atoms with Crippen LogP contribution in [0.2, 0.25) is 10.0 Å². The summed E-state index contributed by atoms with van der Waals surface area (Å²) in [5.74, 6) is -0.541. The summed E-state index contributed by atoms with van der Waals surface area (Å²) in [6, 6.07) is 27.9. The van der Waals surface area contributed by atoms with Crippen LogP contribution in [-0.4, -0.2) is 29.6 Å². The summed E-state index contributed by atoms with van der Waals surface area (Å²) in [5, 5.41) is 8.76. The molecule has 7 nitrogen and oxygen atoms in total. The van der Waals surface area contributed by atoms with Crippen molar-refractivity contribution in [3.8, 4) is 5.75 Å². The SMILES string of the molecule is CCOc1ccccc1/C=C(\NC(=O)c1ccccc1)C(=O)Nc1ccc(SC(C)C(=O)Nc2ccc(Cl)c(Cl)c2)cc1. The highest BCUT2D eigenvalue weighted by Crippen LogP contribution is 2.28. The molecule has 0 fully saturated rings. The van der Waals surface area contributed by atoms with Gasteiger partial charge in [0.05, 0.1) is 21.9 Å². The second-order valence-electron chi connectivity index (χ2n) is 9.21. The number of carbonyl (C=O) groups excluding carboxylic acids is 3. The number of halogens is 2. The van der Waals surface area contributed by atoms with Crippen LogP contribution in [0.15, 0.2) is 108 Å². The smallest absolute Gasteiger partial charge is 0.272 e. The first kappa shape index (κ1) is 31.7. The first-order chi connectivity index (χ1) is 20.7. The van der Waals surface area contributed by atoms with Crippen LogP contribution in [0.3, 0.4) is 0 Å². The number of nitrogens with one attached hydrogen (secondary N) is 3. The predicted octanol–water partition coefficient (Wildman–Crippen LogP) is 7.92. The Balaban J connectivity index is 1.46. The number of carbonyl (C=O) groups is 3. The molecule has 43 heavy (non-hydrogen) atoms. The van der Waals surface area contributed by atoms with Gasteiger partial charge in [0.1, 0.15) is 11.4 Å². The number of benzene rings is 4. The average molecular weight is 635 g/mol. The fraction of sp³-hybridized carbons (Fsp3) is 0.121. The minimum absolute atomic E-state index is 0.0482. The number of hydrogen-bond donors (Lipinski definition) is 3. The number of anilines is 2. The monoisotopic (exact) mass is 633 g/mol. The lowest BCUT2D eigenvalue weighted by Crippen LogP contribution is -2.30. The van der Waals surface area contributed by atoms with E-state index in [-0.39, 0.29) is 11.6 Å². The van der Waals surface area contributed by atoms with Crippen LogP contribution >= 0.6 is 35.0 Å². The number of thioether (sulfide) groups is 1. The number of rotatable bonds is 11. The van der Waals surface area contributed by atoms with E-state index < -0.39 is 17.1 Å². The van der Waals surface area contributed by atoms with E-state index >= 15 is 0 Å². The minimum Gasteiger partial charge on any atom is -0.493 e. The third kappa shape index (κ3) is 9.12. The van der Waals surface area contributed by atoms with Gasteiger partial charge in [-0.25, -0.2) is 0 Å². The van der Waals surface area contributed by atoms with Gasteiger partial charge in [0.15, 0.2) is 0 Å². The third-order valence-corrected chi connectivity index (χ3v) is 7.88. The molecule has 0 heterocycles. The normalized spacial score (nSPS) is 11.8. The molecule has 0 aliphatic carbocycles. The van der Waals surface area contributed by atoms with Crippen molar-refractivity contribution in [1.82, 2.24) is 5.32 Å². The molecule has 10 heteroatoms. The van der Waals surface area contributed by atoms with E-state index in [9.17, 15) is 14.4 Å². The standard InChI is InChI=1S/C33H29Cl2N3O4S/c1-3-42-30-12-8-7-11-23(30)19-29(38-32(40)22-9-5-4-6-10-22)33(41)36-24-13-16-26(17-14-24)43-21(2)31(39)37-25-15-18-27(34)28(35)20-25/h4-21H,3H2,1-2H3,(H,36,41)(H,37,39)(H,38,40)/b29-19-. The topological polar surface area (TPSA) is 96.5 Å². The lowest BCUT2D eigenvalue weighted by Gasteiger charge is -2.14. The largest absolute Gasteiger partial charge is 0.493 e. The maximum atomic E-state index is 13.4. The molecule has 0 aromatic heterocycles. The fourth-order valence-electron chi connectivity index (χ4n) is 3.88. The molecule has 0 saturated heterocycles. The van der Waals surface area contributed by atoms with E-state index in [1.807, 2.05) is 25.1 Å². The summed E-state index contributed by atoms with van der Waals surface area (Å²) in [6.07, 6.45) is 1.58. The molecule has 3 N–H and O–H groups in total. The highest BCUT2D eigenvalue weighted by Gasteiger charge is 2.18. The zero-order valence-electron chi connectivity index (χ0n) is 23.4. The van der Waals surface area contributed by atoms with Crippen molar-refractivity contribution < 1.29 is 19.1 Å². The molecule has 1 unspecified atom stereocenters. The van der Waals surface area contributed by atoms with Gasteiger partial charge in [-0.3, -0.25) is 14.4 Å². The van der Waals surface area contributed by atoms with Crippen LogP contribution < -0.4 is 20.7 Å². The molecule has 4 aromatic rings. The molecule has 220 valence electrons. The highest BCUT2D eigenvalue weighted by atomic mass is 35.5. The molecule has 4 rings (SSSR count). The summed E-state index contributed by atoms with van der Waals surface area (Å²) in [5.41, 5.74) is 2.17. The molecule has 1 atom stereocenters. The molecule has 0 aliphatic heterocycles. The van der Waals surface area contributed by atoms with Crippen molar-refractivity contribution in [3.63, 3.8) is 0 Å². The predicted molar refractivity (Wildman–Crippen MR) is 175 cm³/mol. The molecule has 0 aliphatic rings. The van der Waals surface area contributed by atoms with Crippen LogP contribution in [0.5, 0.6) is 5.75 Å². The van der Waals surface area contributed by atoms with Crippen molar-refractivity contribution in [1.29, 1.82) is 0 Å². The second-order valence-corrected chi connectivity index (χ2v) is 11.4. The van der Waals surface area contributed by atoms with Crippen LogP contribution in [0, 0.1) is 0 Å². The van der Waals surface area contributed by atoms with E-state index in [0.717, 1.165) is 4.90 Å². The van der Waals surface area contributed by atoms with Gasteiger partial charge >= 0.3 is 0 Å². The van der Waals surface area contributed by atoms with Gasteiger partial charge in [-0.2, -0.15) is 0 Å². The van der Waals surface area contributed by atoms with Gasteiger partial charge in [-0.1, -0.05) is 59.6 Å². The summed E-state index contributed by atoms with van der Waals surface area (Å²) >= 11 is 13.4. The average Bonchev–Trinajstić information content (AvgIpc) is 3.01. The molecule has 0 radical (unpaired) electrons. The number of amides is 3. The molecule has 0 spiro atoms. The van der Waals surface area contributed by atoms with Crippen LogP contribution in [0.4, 0.5) is 11.4 Å². The van der Waals surface area contributed by atoms with Crippen molar-refractivity contribution in [2.75, 3.05) is 17.2 Å². The summed E-state index contributed by atoms with van der Waals surface area (Å²) < 4.78 is 5.70.